The SMILES string of the molecule is Nc1ccc(Cl)cc1NC(=O)CN1CCCCCCC1. The Balaban J connectivity index is 1.89. The van der Waals surface area contributed by atoms with Crippen LogP contribution in [-0.2, 0) is 4.79 Å². The average molecular weight is 296 g/mol. The predicted molar refractivity (Wildman–Crippen MR) is 84.0 cm³/mol. The highest BCUT2D eigenvalue weighted by atomic mass is 35.5. The lowest BCUT2D eigenvalue weighted by Gasteiger charge is -2.23. The van der Waals surface area contributed by atoms with E-state index in [1.807, 2.05) is 0 Å². The first-order valence-corrected chi connectivity index (χ1v) is 7.60. The van der Waals surface area contributed by atoms with Crippen LogP contribution in [0.5, 0.6) is 0 Å². The molecule has 2 rings (SSSR count). The van der Waals surface area contributed by atoms with Crippen LogP contribution in [0.4, 0.5) is 11.4 Å². The van der Waals surface area contributed by atoms with Crippen molar-refractivity contribution in [3.05, 3.63) is 23.2 Å². The van der Waals surface area contributed by atoms with Crippen molar-refractivity contribution < 1.29 is 4.79 Å². The van der Waals surface area contributed by atoms with E-state index in [-0.39, 0.29) is 5.91 Å². The summed E-state index contributed by atoms with van der Waals surface area (Å²) in [5.74, 6) is -0.0282. The van der Waals surface area contributed by atoms with E-state index in [2.05, 4.69) is 10.2 Å². The smallest absolute Gasteiger partial charge is 0.238 e. The molecule has 110 valence electrons. The monoisotopic (exact) mass is 295 g/mol. The largest absolute Gasteiger partial charge is 0.397 e. The van der Waals surface area contributed by atoms with Crippen LogP contribution in [0.2, 0.25) is 5.02 Å². The highest BCUT2D eigenvalue weighted by Crippen LogP contribution is 2.22. The van der Waals surface area contributed by atoms with Gasteiger partial charge in [0, 0.05) is 5.02 Å². The topological polar surface area (TPSA) is 58.4 Å². The number of likely N-dealkylation sites (tertiary alicyclic amines) is 1. The summed E-state index contributed by atoms with van der Waals surface area (Å²) < 4.78 is 0. The number of carbonyl (C=O) groups excluding carboxylic acids is 1. The maximum absolute atomic E-state index is 12.1. The predicted octanol–water partition coefficient (Wildman–Crippen LogP) is 3.13. The first-order valence-electron chi connectivity index (χ1n) is 7.22. The lowest BCUT2D eigenvalue weighted by molar-refractivity contribution is -0.117. The van der Waals surface area contributed by atoms with Gasteiger partial charge >= 0.3 is 0 Å². The van der Waals surface area contributed by atoms with Crippen LogP contribution in [0.3, 0.4) is 0 Å². The lowest BCUT2D eigenvalue weighted by Crippen LogP contribution is -2.35. The van der Waals surface area contributed by atoms with Crippen LogP contribution in [0.15, 0.2) is 18.2 Å². The number of rotatable bonds is 3. The Labute approximate surface area is 125 Å². The number of nitrogens with two attached hydrogens (primary N) is 1. The number of amides is 1. The minimum atomic E-state index is -0.0282. The Hall–Kier alpha value is -1.26. The molecule has 1 aliphatic heterocycles. The molecule has 4 nitrogen and oxygen atoms in total. The molecule has 5 heteroatoms. The highest BCUT2D eigenvalue weighted by molar-refractivity contribution is 6.31. The summed E-state index contributed by atoms with van der Waals surface area (Å²) in [6.45, 7) is 2.42. The average Bonchev–Trinajstić information content (AvgIpc) is 2.37. The number of anilines is 2. The number of nitrogens with zero attached hydrogens (tertiary/aromatic N) is 1. The number of hydrogen-bond acceptors (Lipinski definition) is 3. The number of hydrogen-bond donors (Lipinski definition) is 2. The molecular formula is C15H22ClN3O. The molecule has 0 saturated carbocycles. The minimum Gasteiger partial charge on any atom is -0.397 e. The fraction of sp³-hybridized carbons (Fsp3) is 0.533. The molecule has 1 heterocycles. The van der Waals surface area contributed by atoms with Crippen molar-refractivity contribution in [2.75, 3.05) is 30.7 Å². The van der Waals surface area contributed by atoms with Crippen molar-refractivity contribution in [1.82, 2.24) is 4.90 Å². The fourth-order valence-corrected chi connectivity index (χ4v) is 2.67. The van der Waals surface area contributed by atoms with E-state index < -0.39 is 0 Å². The molecule has 1 aromatic rings. The van der Waals surface area contributed by atoms with Crippen LogP contribution >= 0.6 is 11.6 Å². The summed E-state index contributed by atoms with van der Waals surface area (Å²) >= 11 is 5.91. The summed E-state index contributed by atoms with van der Waals surface area (Å²) in [5.41, 5.74) is 6.96. The van der Waals surface area contributed by atoms with E-state index in [9.17, 15) is 4.79 Å². The third-order valence-electron chi connectivity index (χ3n) is 3.61. The molecule has 1 aliphatic rings. The summed E-state index contributed by atoms with van der Waals surface area (Å²) in [6, 6.07) is 5.10. The van der Waals surface area contributed by atoms with Crippen LogP contribution in [-0.4, -0.2) is 30.4 Å². The van der Waals surface area contributed by atoms with Gasteiger partial charge in [0.1, 0.15) is 0 Å². The Morgan fingerprint density at radius 3 is 2.55 bits per heavy atom. The molecule has 20 heavy (non-hydrogen) atoms. The van der Waals surface area contributed by atoms with Gasteiger partial charge in [-0.25, -0.2) is 0 Å². The summed E-state index contributed by atoms with van der Waals surface area (Å²) in [7, 11) is 0. The molecule has 1 saturated heterocycles. The van der Waals surface area contributed by atoms with Gasteiger partial charge in [-0.3, -0.25) is 9.69 Å². The third kappa shape index (κ3) is 4.69. The van der Waals surface area contributed by atoms with E-state index in [0.29, 0.717) is 22.9 Å². The zero-order valence-corrected chi connectivity index (χ0v) is 12.5. The van der Waals surface area contributed by atoms with E-state index in [1.54, 1.807) is 18.2 Å². The van der Waals surface area contributed by atoms with E-state index in [0.717, 1.165) is 13.1 Å². The van der Waals surface area contributed by atoms with Crippen molar-refractivity contribution in [3.8, 4) is 0 Å². The normalized spacial score (nSPS) is 17.2. The van der Waals surface area contributed by atoms with Gasteiger partial charge < -0.3 is 11.1 Å². The molecule has 0 radical (unpaired) electrons. The Morgan fingerprint density at radius 2 is 1.85 bits per heavy atom. The first-order chi connectivity index (χ1) is 9.65. The summed E-state index contributed by atoms with van der Waals surface area (Å²) in [5, 5.41) is 3.41. The van der Waals surface area contributed by atoms with Crippen molar-refractivity contribution in [3.63, 3.8) is 0 Å². The fourth-order valence-electron chi connectivity index (χ4n) is 2.50. The first kappa shape index (κ1) is 15.1. The minimum absolute atomic E-state index is 0.0282. The Bertz CT molecular complexity index is 456. The number of nitrogens with one attached hydrogen (secondary N) is 1. The van der Waals surface area contributed by atoms with Crippen LogP contribution < -0.4 is 11.1 Å². The molecular weight excluding hydrogens is 274 g/mol. The molecule has 0 unspecified atom stereocenters. The van der Waals surface area contributed by atoms with Crippen molar-refractivity contribution in [2.45, 2.75) is 32.1 Å². The zero-order valence-electron chi connectivity index (χ0n) is 11.7. The molecule has 0 spiro atoms. The molecule has 1 amide bonds. The van der Waals surface area contributed by atoms with Gasteiger partial charge in [0.15, 0.2) is 0 Å². The molecule has 0 aromatic heterocycles. The molecule has 0 atom stereocenters. The second-order valence-corrected chi connectivity index (χ2v) is 5.76. The number of benzene rings is 1. The van der Waals surface area contributed by atoms with Gasteiger partial charge in [-0.2, -0.15) is 0 Å². The quantitative estimate of drug-likeness (QED) is 0.842. The van der Waals surface area contributed by atoms with Crippen molar-refractivity contribution >= 4 is 28.9 Å². The summed E-state index contributed by atoms with van der Waals surface area (Å²) in [6.07, 6.45) is 6.19. The van der Waals surface area contributed by atoms with Gasteiger partial charge in [-0.1, -0.05) is 30.9 Å². The van der Waals surface area contributed by atoms with Crippen LogP contribution in [0, 0.1) is 0 Å². The number of nitrogen functional groups attached to an aromatic ring is 1. The van der Waals surface area contributed by atoms with E-state index >= 15 is 0 Å². The number of carbonyl (C=O) groups is 1. The second kappa shape index (κ2) is 7.50. The van der Waals surface area contributed by atoms with Gasteiger partial charge in [-0.15, -0.1) is 0 Å². The van der Waals surface area contributed by atoms with Crippen molar-refractivity contribution in [1.29, 1.82) is 0 Å². The van der Waals surface area contributed by atoms with Gasteiger partial charge in [-0.05, 0) is 44.1 Å². The molecule has 3 N–H and O–H groups in total. The molecule has 0 bridgehead atoms. The molecule has 0 aliphatic carbocycles. The summed E-state index contributed by atoms with van der Waals surface area (Å²) in [4.78, 5) is 14.3. The third-order valence-corrected chi connectivity index (χ3v) is 3.84. The highest BCUT2D eigenvalue weighted by Gasteiger charge is 2.13. The van der Waals surface area contributed by atoms with Crippen LogP contribution in [0.1, 0.15) is 32.1 Å². The Kier molecular flexibility index (Phi) is 5.68. The molecule has 1 fully saturated rings. The van der Waals surface area contributed by atoms with Crippen molar-refractivity contribution in [2.24, 2.45) is 0 Å². The van der Waals surface area contributed by atoms with E-state index in [1.165, 1.54) is 32.1 Å². The Morgan fingerprint density at radius 1 is 1.20 bits per heavy atom. The van der Waals surface area contributed by atoms with Gasteiger partial charge in [0.05, 0.1) is 17.9 Å². The maximum Gasteiger partial charge on any atom is 0.238 e. The van der Waals surface area contributed by atoms with Crippen LogP contribution in [0.25, 0.3) is 0 Å². The standard InChI is InChI=1S/C15H22ClN3O/c16-12-6-7-13(17)14(10-12)18-15(20)11-19-8-4-2-1-3-5-9-19/h6-7,10H,1-5,8-9,11,17H2,(H,18,20). The maximum atomic E-state index is 12.1. The van der Waals surface area contributed by atoms with E-state index in [4.69, 9.17) is 17.3 Å². The lowest BCUT2D eigenvalue weighted by atomic mass is 10.1. The van der Waals surface area contributed by atoms with Gasteiger partial charge in [0.2, 0.25) is 5.91 Å². The van der Waals surface area contributed by atoms with Gasteiger partial charge in [0.25, 0.3) is 0 Å². The zero-order chi connectivity index (χ0) is 14.4. The second-order valence-electron chi connectivity index (χ2n) is 5.32. The molecule has 1 aromatic carbocycles. The number of halogens is 1.